The molecule has 3 rings (SSSR count). The topological polar surface area (TPSA) is 114 Å². The Kier molecular flexibility index (Phi) is 16.1. The summed E-state index contributed by atoms with van der Waals surface area (Å²) < 4.78 is 5.36. The summed E-state index contributed by atoms with van der Waals surface area (Å²) in [6.45, 7) is 9.79. The number of benzene rings is 2. The van der Waals surface area contributed by atoms with Gasteiger partial charge in [-0.15, -0.1) is 0 Å². The highest BCUT2D eigenvalue weighted by molar-refractivity contribution is 6.06. The van der Waals surface area contributed by atoms with Crippen LogP contribution in [0.4, 0.5) is 0 Å². The van der Waals surface area contributed by atoms with E-state index in [0.717, 1.165) is 60.4 Å². The SMILES string of the molecule is CNC[C@H](CCCCCC(=O)CC(=O)/C=C/c1cc(OC)c(O)cc1CC1=CNC(N)C(Cc2cc(C)cc(C)c2)=C1)CCCC(C)C. The molecule has 5 N–H and O–H groups in total. The molecule has 0 aromatic heterocycles. The summed E-state index contributed by atoms with van der Waals surface area (Å²) in [6, 6.07) is 9.92. The highest BCUT2D eigenvalue weighted by atomic mass is 16.5. The summed E-state index contributed by atoms with van der Waals surface area (Å²) in [5.74, 6) is 1.54. The molecule has 1 aliphatic heterocycles. The van der Waals surface area contributed by atoms with E-state index in [1.807, 2.05) is 13.2 Å². The Balaban J connectivity index is 1.57. The molecule has 0 spiro atoms. The number of unbranched alkanes of at least 4 members (excludes halogenated alkanes) is 2. The normalized spacial score (nSPS) is 15.3. The van der Waals surface area contributed by atoms with Crippen molar-refractivity contribution in [3.05, 3.63) is 87.6 Å². The van der Waals surface area contributed by atoms with Gasteiger partial charge in [0.25, 0.3) is 0 Å². The molecule has 0 bridgehead atoms. The zero-order valence-electron chi connectivity index (χ0n) is 30.2. The van der Waals surface area contributed by atoms with E-state index in [0.29, 0.717) is 24.5 Å². The monoisotopic (exact) mass is 657 g/mol. The van der Waals surface area contributed by atoms with Crippen LogP contribution in [-0.2, 0) is 22.4 Å². The summed E-state index contributed by atoms with van der Waals surface area (Å²) in [4.78, 5) is 25.4. The van der Waals surface area contributed by atoms with Gasteiger partial charge in [0.05, 0.1) is 19.7 Å². The molecule has 0 radical (unpaired) electrons. The van der Waals surface area contributed by atoms with Crippen LogP contribution in [0, 0.1) is 25.7 Å². The number of methoxy groups -OCH3 is 1. The third-order valence-electron chi connectivity index (χ3n) is 9.02. The number of ether oxygens (including phenoxy) is 1. The van der Waals surface area contributed by atoms with Gasteiger partial charge in [-0.1, -0.05) is 81.0 Å². The van der Waals surface area contributed by atoms with Gasteiger partial charge in [-0.05, 0) is 117 Å². The van der Waals surface area contributed by atoms with Crippen molar-refractivity contribution in [3.8, 4) is 11.5 Å². The number of nitrogens with two attached hydrogens (primary N) is 1. The molecule has 0 fully saturated rings. The maximum Gasteiger partial charge on any atom is 0.163 e. The van der Waals surface area contributed by atoms with Gasteiger partial charge in [0.15, 0.2) is 17.3 Å². The number of dihydropyridines is 1. The Morgan fingerprint density at radius 3 is 2.42 bits per heavy atom. The quantitative estimate of drug-likeness (QED) is 0.0620. The maximum absolute atomic E-state index is 12.8. The van der Waals surface area contributed by atoms with Crippen molar-refractivity contribution in [3.63, 3.8) is 0 Å². The van der Waals surface area contributed by atoms with Gasteiger partial charge in [0.2, 0.25) is 0 Å². The molecular weight excluding hydrogens is 598 g/mol. The number of carbonyl (C=O) groups excluding carboxylic acids is 2. The molecule has 1 heterocycles. The fraction of sp³-hybridized carbons (Fsp3) is 0.512. The molecule has 2 aromatic rings. The summed E-state index contributed by atoms with van der Waals surface area (Å²) in [5.41, 5.74) is 13.7. The van der Waals surface area contributed by atoms with Crippen LogP contribution in [0.5, 0.6) is 11.5 Å². The Hall–Kier alpha value is -3.68. The van der Waals surface area contributed by atoms with E-state index in [1.165, 1.54) is 55.6 Å². The van der Waals surface area contributed by atoms with Crippen LogP contribution in [-0.4, -0.2) is 43.5 Å². The Labute approximate surface area is 289 Å². The van der Waals surface area contributed by atoms with Gasteiger partial charge in [0, 0.05) is 12.6 Å². The maximum atomic E-state index is 12.8. The summed E-state index contributed by atoms with van der Waals surface area (Å²) in [6.07, 6.45) is 16.4. The van der Waals surface area contributed by atoms with Gasteiger partial charge in [-0.2, -0.15) is 0 Å². The molecule has 48 heavy (non-hydrogen) atoms. The highest BCUT2D eigenvalue weighted by Crippen LogP contribution is 2.32. The number of hydrogen-bond acceptors (Lipinski definition) is 7. The summed E-state index contributed by atoms with van der Waals surface area (Å²) >= 11 is 0. The van der Waals surface area contributed by atoms with Crippen LogP contribution in [0.25, 0.3) is 6.08 Å². The fourth-order valence-corrected chi connectivity index (χ4v) is 6.57. The average Bonchev–Trinajstić information content (AvgIpc) is 3.01. The van der Waals surface area contributed by atoms with E-state index in [2.05, 4.69) is 62.6 Å². The Morgan fingerprint density at radius 2 is 1.73 bits per heavy atom. The van der Waals surface area contributed by atoms with E-state index >= 15 is 0 Å². The molecule has 1 aliphatic rings. The van der Waals surface area contributed by atoms with Gasteiger partial charge in [0.1, 0.15) is 5.78 Å². The van der Waals surface area contributed by atoms with Gasteiger partial charge in [-0.3, -0.25) is 9.59 Å². The number of phenolic OH excluding ortho intramolecular Hbond substituents is 1. The van der Waals surface area contributed by atoms with E-state index in [4.69, 9.17) is 10.5 Å². The van der Waals surface area contributed by atoms with E-state index in [-0.39, 0.29) is 29.9 Å². The predicted molar refractivity (Wildman–Crippen MR) is 198 cm³/mol. The second kappa shape index (κ2) is 20.0. The van der Waals surface area contributed by atoms with Gasteiger partial charge >= 0.3 is 0 Å². The third kappa shape index (κ3) is 13.4. The second-order valence-electron chi connectivity index (χ2n) is 14.0. The first-order chi connectivity index (χ1) is 23.0. The van der Waals surface area contributed by atoms with Crippen molar-refractivity contribution < 1.29 is 19.4 Å². The molecule has 1 unspecified atom stereocenters. The molecule has 262 valence electrons. The molecular formula is C41H59N3O4. The zero-order valence-corrected chi connectivity index (χ0v) is 30.2. The average molecular weight is 658 g/mol. The lowest BCUT2D eigenvalue weighted by atomic mass is 9.92. The molecule has 0 saturated carbocycles. The summed E-state index contributed by atoms with van der Waals surface area (Å²) in [5, 5.41) is 17.2. The molecule has 7 nitrogen and oxygen atoms in total. The van der Waals surface area contributed by atoms with E-state index < -0.39 is 0 Å². The van der Waals surface area contributed by atoms with Crippen LogP contribution in [0.15, 0.2) is 59.8 Å². The lowest BCUT2D eigenvalue weighted by Gasteiger charge is -2.23. The largest absolute Gasteiger partial charge is 0.504 e. The van der Waals surface area contributed by atoms with Crippen molar-refractivity contribution in [1.29, 1.82) is 0 Å². The van der Waals surface area contributed by atoms with Crippen LogP contribution in [0.3, 0.4) is 0 Å². The van der Waals surface area contributed by atoms with Crippen LogP contribution in [0.1, 0.15) is 99.5 Å². The second-order valence-corrected chi connectivity index (χ2v) is 14.0. The molecule has 2 aromatic carbocycles. The molecule has 0 saturated heterocycles. The van der Waals surface area contributed by atoms with Crippen molar-refractivity contribution in [2.45, 2.75) is 104 Å². The third-order valence-corrected chi connectivity index (χ3v) is 9.02. The number of hydrogen-bond donors (Lipinski definition) is 4. The molecule has 0 amide bonds. The molecule has 0 aliphatic carbocycles. The van der Waals surface area contributed by atoms with Gasteiger partial charge in [-0.25, -0.2) is 0 Å². The van der Waals surface area contributed by atoms with Crippen LogP contribution in [0.2, 0.25) is 0 Å². The number of aryl methyl sites for hydroxylation is 2. The minimum atomic E-state index is -0.289. The number of aromatic hydroxyl groups is 1. The Bertz CT molecular complexity index is 1440. The lowest BCUT2D eigenvalue weighted by Crippen LogP contribution is -2.38. The molecule has 7 heteroatoms. The van der Waals surface area contributed by atoms with Crippen LogP contribution >= 0.6 is 0 Å². The highest BCUT2D eigenvalue weighted by Gasteiger charge is 2.17. The number of ketones is 2. The zero-order chi connectivity index (χ0) is 35.1. The minimum Gasteiger partial charge on any atom is -0.504 e. The van der Waals surface area contributed by atoms with E-state index in [1.54, 1.807) is 18.2 Å². The summed E-state index contributed by atoms with van der Waals surface area (Å²) in [7, 11) is 3.51. The smallest absolute Gasteiger partial charge is 0.163 e. The molecule has 2 atom stereocenters. The first kappa shape index (κ1) is 38.8. The fourth-order valence-electron chi connectivity index (χ4n) is 6.57. The van der Waals surface area contributed by atoms with Crippen molar-refractivity contribution in [1.82, 2.24) is 10.6 Å². The first-order valence-electron chi connectivity index (χ1n) is 17.7. The number of nitrogens with one attached hydrogen (secondary N) is 2. The standard InChI is InChI=1S/C41H59N3O4/c1-28(2)11-10-13-31(26-43-5)12-8-7-9-14-37(45)25-38(46)16-15-34-24-40(48-6)39(47)23-35(34)21-33-22-36(41(42)44-27-33)20-32-18-29(3)17-30(4)19-32/h15-19,22-24,27-28,31,41,43-44,47H,7-14,20-21,25-26,42H2,1-6H3/b16-15+/t31-,41?/m1/s1. The van der Waals surface area contributed by atoms with Crippen molar-refractivity contribution in [2.75, 3.05) is 20.7 Å². The van der Waals surface area contributed by atoms with Crippen molar-refractivity contribution >= 4 is 17.6 Å². The number of rotatable bonds is 21. The Morgan fingerprint density at radius 1 is 1.00 bits per heavy atom. The van der Waals surface area contributed by atoms with Gasteiger partial charge < -0.3 is 26.2 Å². The number of carbonyl (C=O) groups is 2. The minimum absolute atomic E-state index is 0.0203. The number of phenols is 1. The number of allylic oxidation sites excluding steroid dienone is 3. The predicted octanol–water partition coefficient (Wildman–Crippen LogP) is 7.66. The van der Waals surface area contributed by atoms with E-state index in [9.17, 15) is 14.7 Å². The van der Waals surface area contributed by atoms with Crippen molar-refractivity contribution in [2.24, 2.45) is 17.6 Å². The first-order valence-corrected chi connectivity index (χ1v) is 17.7. The number of Topliss-reactive ketones (excluding diaryl/α,β-unsaturated/α-hetero) is 1. The van der Waals surface area contributed by atoms with Crippen LogP contribution < -0.4 is 21.1 Å². The lowest BCUT2D eigenvalue weighted by molar-refractivity contribution is -0.124.